The molecule has 0 aliphatic rings. The molecule has 0 amide bonds. The highest BCUT2D eigenvalue weighted by atomic mass is 35.5. The van der Waals surface area contributed by atoms with E-state index >= 15 is 0 Å². The van der Waals surface area contributed by atoms with Gasteiger partial charge in [-0.25, -0.2) is 0 Å². The number of hydrogen-bond donors (Lipinski definition) is 1. The first-order valence-corrected chi connectivity index (χ1v) is 6.54. The average Bonchev–Trinajstić information content (AvgIpc) is 2.25. The number of likely N-dealkylation sites (N-methyl/N-ethyl adjacent to an activating group) is 1. The molecule has 0 spiro atoms. The molecule has 0 aromatic heterocycles. The molecular formula is C13H14ClF6N. The maximum atomic E-state index is 12.8. The second-order valence-electron chi connectivity index (χ2n) is 4.56. The number of halogens is 7. The van der Waals surface area contributed by atoms with Crippen molar-refractivity contribution in [1.82, 2.24) is 5.32 Å². The Morgan fingerprint density at radius 3 is 2.10 bits per heavy atom. The van der Waals surface area contributed by atoms with Crippen molar-refractivity contribution in [1.29, 1.82) is 0 Å². The molecule has 0 bridgehead atoms. The van der Waals surface area contributed by atoms with Gasteiger partial charge < -0.3 is 5.32 Å². The molecule has 1 N–H and O–H groups in total. The predicted octanol–water partition coefficient (Wildman–Crippen LogP) is 4.60. The molecule has 1 nitrogen and oxygen atoms in total. The molecule has 0 fully saturated rings. The maximum absolute atomic E-state index is 12.8. The summed E-state index contributed by atoms with van der Waals surface area (Å²) in [6.07, 6.45) is -11.2. The van der Waals surface area contributed by atoms with Crippen LogP contribution in [0, 0.1) is 5.92 Å². The average molecular weight is 334 g/mol. The van der Waals surface area contributed by atoms with E-state index in [1.807, 2.05) is 0 Å². The molecule has 0 saturated carbocycles. The van der Waals surface area contributed by atoms with Gasteiger partial charge in [0.15, 0.2) is 5.92 Å². The highest BCUT2D eigenvalue weighted by molar-refractivity contribution is 6.30. The van der Waals surface area contributed by atoms with E-state index in [0.717, 1.165) is 0 Å². The van der Waals surface area contributed by atoms with Gasteiger partial charge in [0.1, 0.15) is 0 Å². The smallest absolute Gasteiger partial charge is 0.313 e. The van der Waals surface area contributed by atoms with Crippen LogP contribution in [0.5, 0.6) is 0 Å². The van der Waals surface area contributed by atoms with Gasteiger partial charge in [-0.3, -0.25) is 0 Å². The first-order valence-electron chi connectivity index (χ1n) is 6.17. The van der Waals surface area contributed by atoms with E-state index in [2.05, 4.69) is 5.32 Å². The highest BCUT2D eigenvalue weighted by Gasteiger charge is 2.59. The number of nitrogens with one attached hydrogen (secondary N) is 1. The van der Waals surface area contributed by atoms with Crippen molar-refractivity contribution in [2.24, 2.45) is 5.92 Å². The van der Waals surface area contributed by atoms with Gasteiger partial charge in [-0.1, -0.05) is 30.7 Å². The molecule has 120 valence electrons. The fourth-order valence-corrected chi connectivity index (χ4v) is 2.34. The molecule has 0 heterocycles. The van der Waals surface area contributed by atoms with Crippen molar-refractivity contribution in [3.8, 4) is 0 Å². The molecule has 0 aliphatic heterocycles. The Kier molecular flexibility index (Phi) is 5.92. The predicted molar refractivity (Wildman–Crippen MR) is 68.2 cm³/mol. The third kappa shape index (κ3) is 5.39. The quantitative estimate of drug-likeness (QED) is 0.776. The van der Waals surface area contributed by atoms with E-state index < -0.39 is 30.7 Å². The van der Waals surface area contributed by atoms with Gasteiger partial charge >= 0.3 is 12.4 Å². The molecule has 1 aromatic carbocycles. The van der Waals surface area contributed by atoms with Crippen LogP contribution < -0.4 is 5.32 Å². The first-order chi connectivity index (χ1) is 9.55. The van der Waals surface area contributed by atoms with Gasteiger partial charge in [-0.15, -0.1) is 0 Å². The molecule has 1 aromatic rings. The van der Waals surface area contributed by atoms with Gasteiger partial charge in [0.2, 0.25) is 0 Å². The number of benzene rings is 1. The summed E-state index contributed by atoms with van der Waals surface area (Å²) in [4.78, 5) is 0. The minimum atomic E-state index is -5.37. The molecule has 1 unspecified atom stereocenters. The van der Waals surface area contributed by atoms with Crippen LogP contribution >= 0.6 is 11.6 Å². The topological polar surface area (TPSA) is 12.0 Å². The van der Waals surface area contributed by atoms with Crippen molar-refractivity contribution < 1.29 is 26.3 Å². The van der Waals surface area contributed by atoms with E-state index in [1.165, 1.54) is 31.2 Å². The van der Waals surface area contributed by atoms with Crippen molar-refractivity contribution in [3.05, 3.63) is 34.9 Å². The summed E-state index contributed by atoms with van der Waals surface area (Å²) < 4.78 is 76.7. The second-order valence-corrected chi connectivity index (χ2v) is 5.00. The van der Waals surface area contributed by atoms with Gasteiger partial charge in [-0.2, -0.15) is 26.3 Å². The molecule has 0 saturated heterocycles. The Labute approximate surface area is 123 Å². The lowest BCUT2D eigenvalue weighted by Crippen LogP contribution is -2.52. The Balaban J connectivity index is 3.08. The maximum Gasteiger partial charge on any atom is 0.402 e. The van der Waals surface area contributed by atoms with Crippen LogP contribution in [-0.2, 0) is 6.42 Å². The van der Waals surface area contributed by atoms with E-state index in [1.54, 1.807) is 0 Å². The van der Waals surface area contributed by atoms with Crippen LogP contribution in [-0.4, -0.2) is 24.9 Å². The summed E-state index contributed by atoms with van der Waals surface area (Å²) in [6, 6.07) is 3.98. The van der Waals surface area contributed by atoms with E-state index in [4.69, 9.17) is 11.6 Å². The fourth-order valence-electron chi connectivity index (χ4n) is 2.13. The minimum Gasteiger partial charge on any atom is -0.313 e. The Bertz CT molecular complexity index is 443. The van der Waals surface area contributed by atoms with Gasteiger partial charge in [0, 0.05) is 11.1 Å². The SMILES string of the molecule is CCNC(Cc1cccc(Cl)c1)C(C(F)(F)F)C(F)(F)F. The Morgan fingerprint density at radius 2 is 1.67 bits per heavy atom. The number of rotatable bonds is 5. The zero-order valence-corrected chi connectivity index (χ0v) is 11.8. The lowest BCUT2D eigenvalue weighted by atomic mass is 9.92. The lowest BCUT2D eigenvalue weighted by molar-refractivity contribution is -0.291. The zero-order chi connectivity index (χ0) is 16.3. The van der Waals surface area contributed by atoms with Crippen LogP contribution in [0.1, 0.15) is 12.5 Å². The second kappa shape index (κ2) is 6.87. The standard InChI is InChI=1S/C13H14ClF6N/c1-2-21-10(7-8-4-3-5-9(14)6-8)11(12(15,16)17)13(18,19)20/h3-6,10-11,21H,2,7H2,1H3. The number of alkyl halides is 6. The number of hydrogen-bond acceptors (Lipinski definition) is 1. The van der Waals surface area contributed by atoms with Crippen molar-refractivity contribution in [3.63, 3.8) is 0 Å². The zero-order valence-electron chi connectivity index (χ0n) is 11.0. The molecular weight excluding hydrogens is 320 g/mol. The van der Waals surface area contributed by atoms with Crippen LogP contribution in [0.15, 0.2) is 24.3 Å². The Morgan fingerprint density at radius 1 is 1.10 bits per heavy atom. The molecule has 0 aliphatic carbocycles. The van der Waals surface area contributed by atoms with Crippen LogP contribution in [0.2, 0.25) is 5.02 Å². The van der Waals surface area contributed by atoms with Gasteiger partial charge in [0.05, 0.1) is 0 Å². The Hall–Kier alpha value is -0.950. The van der Waals surface area contributed by atoms with Crippen LogP contribution in [0.3, 0.4) is 0 Å². The van der Waals surface area contributed by atoms with E-state index in [-0.39, 0.29) is 11.6 Å². The molecule has 21 heavy (non-hydrogen) atoms. The van der Waals surface area contributed by atoms with Crippen LogP contribution in [0.4, 0.5) is 26.3 Å². The minimum absolute atomic E-state index is 0.00606. The van der Waals surface area contributed by atoms with E-state index in [9.17, 15) is 26.3 Å². The molecule has 1 atom stereocenters. The third-order valence-electron chi connectivity index (χ3n) is 2.92. The lowest BCUT2D eigenvalue weighted by Gasteiger charge is -2.31. The molecule has 1 rings (SSSR count). The summed E-state index contributed by atoms with van der Waals surface area (Å²) in [5.41, 5.74) is 0.312. The van der Waals surface area contributed by atoms with Crippen molar-refractivity contribution in [2.45, 2.75) is 31.7 Å². The molecule has 8 heteroatoms. The first kappa shape index (κ1) is 18.1. The summed E-state index contributed by atoms with van der Waals surface area (Å²) in [5, 5.41) is 2.54. The van der Waals surface area contributed by atoms with Crippen LogP contribution in [0.25, 0.3) is 0 Å². The third-order valence-corrected chi connectivity index (χ3v) is 3.15. The van der Waals surface area contributed by atoms with Crippen molar-refractivity contribution in [2.75, 3.05) is 6.54 Å². The largest absolute Gasteiger partial charge is 0.402 e. The summed E-state index contributed by atoms with van der Waals surface area (Å²) in [7, 11) is 0. The van der Waals surface area contributed by atoms with Gasteiger partial charge in [0.25, 0.3) is 0 Å². The summed E-state index contributed by atoms with van der Waals surface area (Å²) in [6.45, 7) is 1.45. The monoisotopic (exact) mass is 333 g/mol. The summed E-state index contributed by atoms with van der Waals surface area (Å²) >= 11 is 5.70. The highest BCUT2D eigenvalue weighted by Crippen LogP contribution is 2.42. The van der Waals surface area contributed by atoms with Gasteiger partial charge in [-0.05, 0) is 30.7 Å². The van der Waals surface area contributed by atoms with Crippen molar-refractivity contribution >= 4 is 11.6 Å². The van der Waals surface area contributed by atoms with E-state index in [0.29, 0.717) is 5.56 Å². The molecule has 0 radical (unpaired) electrons. The normalized spacial score (nSPS) is 14.5. The fraction of sp³-hybridized carbons (Fsp3) is 0.538. The summed E-state index contributed by atoms with van der Waals surface area (Å²) in [5.74, 6) is -3.43.